The van der Waals surface area contributed by atoms with Crippen molar-refractivity contribution in [2.24, 2.45) is 0 Å². The molecule has 0 unspecified atom stereocenters. The molecule has 10 heteroatoms. The molecule has 0 radical (unpaired) electrons. The van der Waals surface area contributed by atoms with Crippen LogP contribution in [0.2, 0.25) is 0 Å². The number of anilines is 1. The molecule has 0 bridgehead atoms. The summed E-state index contributed by atoms with van der Waals surface area (Å²) in [6.07, 6.45) is 1.31. The van der Waals surface area contributed by atoms with Crippen LogP contribution in [-0.4, -0.2) is 36.4 Å². The summed E-state index contributed by atoms with van der Waals surface area (Å²) in [5, 5.41) is 11.9. The van der Waals surface area contributed by atoms with E-state index in [1.165, 1.54) is 18.1 Å². The van der Waals surface area contributed by atoms with Crippen LogP contribution in [0.25, 0.3) is 10.9 Å². The molecule has 3 heterocycles. The number of aromatic nitrogens is 5. The Morgan fingerprint density at radius 2 is 2.15 bits per heavy atom. The second-order valence-electron chi connectivity index (χ2n) is 5.55. The number of hydrogen-bond acceptors (Lipinski definition) is 7. The van der Waals surface area contributed by atoms with Gasteiger partial charge in [0, 0.05) is 4.88 Å². The second kappa shape index (κ2) is 7.72. The molecule has 27 heavy (non-hydrogen) atoms. The zero-order chi connectivity index (χ0) is 18.6. The maximum absolute atomic E-state index is 13.0. The monoisotopic (exact) mass is 398 g/mol. The molecule has 0 saturated heterocycles. The summed E-state index contributed by atoms with van der Waals surface area (Å²) in [4.78, 5) is 34.6. The van der Waals surface area contributed by atoms with Gasteiger partial charge in [-0.1, -0.05) is 30.0 Å². The molecule has 0 saturated carbocycles. The Balaban J connectivity index is 1.63. The fraction of sp³-hybridized carbons (Fsp3) is 0.118. The van der Waals surface area contributed by atoms with Crippen LogP contribution < -0.4 is 10.9 Å². The van der Waals surface area contributed by atoms with Crippen LogP contribution in [0, 0.1) is 0 Å². The maximum atomic E-state index is 13.0. The third-order valence-corrected chi connectivity index (χ3v) is 5.56. The molecule has 3 aromatic heterocycles. The van der Waals surface area contributed by atoms with Gasteiger partial charge in [-0.25, -0.2) is 10.1 Å². The van der Waals surface area contributed by atoms with Crippen molar-refractivity contribution in [1.29, 1.82) is 0 Å². The number of rotatable bonds is 6. The number of nitrogens with zero attached hydrogens (tertiary/aromatic N) is 4. The number of amides is 1. The average Bonchev–Trinajstić information content (AvgIpc) is 3.37. The molecule has 0 fully saturated rings. The largest absolute Gasteiger partial charge is 0.294 e. The maximum Gasteiger partial charge on any atom is 0.262 e. The highest BCUT2D eigenvalue weighted by Crippen LogP contribution is 2.20. The van der Waals surface area contributed by atoms with Gasteiger partial charge >= 0.3 is 0 Å². The Kier molecular flexibility index (Phi) is 4.99. The molecule has 0 aliphatic heterocycles. The summed E-state index contributed by atoms with van der Waals surface area (Å²) in [5.74, 6) is 0.112. The highest BCUT2D eigenvalue weighted by molar-refractivity contribution is 7.99. The van der Waals surface area contributed by atoms with E-state index in [1.807, 2.05) is 29.6 Å². The second-order valence-corrected chi connectivity index (χ2v) is 7.53. The fourth-order valence-electron chi connectivity index (χ4n) is 2.52. The highest BCUT2D eigenvalue weighted by Gasteiger charge is 2.14. The van der Waals surface area contributed by atoms with Gasteiger partial charge in [0.05, 0.1) is 23.2 Å². The molecule has 0 aliphatic carbocycles. The molecule has 136 valence electrons. The molecule has 4 rings (SSSR count). The van der Waals surface area contributed by atoms with E-state index < -0.39 is 0 Å². The summed E-state index contributed by atoms with van der Waals surface area (Å²) in [5.41, 5.74) is 0.496. The summed E-state index contributed by atoms with van der Waals surface area (Å²) in [6.45, 7) is 0.417. The minimum absolute atomic E-state index is 0.0932. The van der Waals surface area contributed by atoms with Crippen LogP contribution in [0.4, 0.5) is 5.95 Å². The van der Waals surface area contributed by atoms with Crippen LogP contribution >= 0.6 is 23.1 Å². The predicted molar refractivity (Wildman–Crippen MR) is 105 cm³/mol. The first-order valence-electron chi connectivity index (χ1n) is 8.00. The first kappa shape index (κ1) is 17.4. The van der Waals surface area contributed by atoms with Gasteiger partial charge in [0.2, 0.25) is 11.9 Å². The van der Waals surface area contributed by atoms with Crippen LogP contribution in [0.15, 0.2) is 58.1 Å². The van der Waals surface area contributed by atoms with Crippen molar-refractivity contribution in [1.82, 2.24) is 24.7 Å². The van der Waals surface area contributed by atoms with Gasteiger partial charge in [-0.3, -0.25) is 19.5 Å². The van der Waals surface area contributed by atoms with E-state index >= 15 is 0 Å². The van der Waals surface area contributed by atoms with Gasteiger partial charge in [0.1, 0.15) is 6.33 Å². The van der Waals surface area contributed by atoms with E-state index in [1.54, 1.807) is 28.0 Å². The predicted octanol–water partition coefficient (Wildman–Crippen LogP) is 2.36. The van der Waals surface area contributed by atoms with E-state index in [0.717, 1.165) is 4.88 Å². The van der Waals surface area contributed by atoms with Gasteiger partial charge < -0.3 is 0 Å². The first-order valence-corrected chi connectivity index (χ1v) is 9.87. The number of para-hydroxylation sites is 1. The van der Waals surface area contributed by atoms with Gasteiger partial charge in [-0.2, -0.15) is 10.1 Å². The average molecular weight is 398 g/mol. The van der Waals surface area contributed by atoms with Crippen molar-refractivity contribution in [3.05, 3.63) is 63.3 Å². The lowest BCUT2D eigenvalue weighted by Gasteiger charge is -2.12. The summed E-state index contributed by atoms with van der Waals surface area (Å²) in [6, 6.07) is 11.1. The third kappa shape index (κ3) is 3.91. The van der Waals surface area contributed by atoms with Crippen LogP contribution in [0.1, 0.15) is 4.88 Å². The number of nitrogens with one attached hydrogen (secondary N) is 2. The normalized spacial score (nSPS) is 11.0. The summed E-state index contributed by atoms with van der Waals surface area (Å²) >= 11 is 2.78. The minimum atomic E-state index is -0.262. The fourth-order valence-corrected chi connectivity index (χ4v) is 4.01. The van der Waals surface area contributed by atoms with Gasteiger partial charge in [-0.05, 0) is 23.6 Å². The molecular weight excluding hydrogens is 384 g/mol. The van der Waals surface area contributed by atoms with Crippen molar-refractivity contribution in [2.45, 2.75) is 11.7 Å². The lowest BCUT2D eigenvalue weighted by molar-refractivity contribution is -0.113. The number of carbonyl (C=O) groups is 1. The van der Waals surface area contributed by atoms with E-state index in [0.29, 0.717) is 22.6 Å². The number of hydrogen-bond donors (Lipinski definition) is 2. The Morgan fingerprint density at radius 3 is 2.93 bits per heavy atom. The number of aromatic amines is 1. The van der Waals surface area contributed by atoms with E-state index in [9.17, 15) is 9.59 Å². The number of benzene rings is 1. The number of fused-ring (bicyclic) bond motifs is 1. The molecule has 1 amide bonds. The number of thiophene rings is 1. The standard InChI is InChI=1S/C17H14N6O2S2/c24-14(21-16-18-10-19-22-16)9-27-17-20-13-6-2-1-5-12(13)15(25)23(17)8-11-4-3-7-26-11/h1-7,10H,8-9H2,(H2,18,19,21,22,24). The summed E-state index contributed by atoms with van der Waals surface area (Å²) in [7, 11) is 0. The molecule has 1 aromatic carbocycles. The first-order chi connectivity index (χ1) is 13.2. The Hall–Kier alpha value is -2.98. The molecule has 8 nitrogen and oxygen atoms in total. The van der Waals surface area contributed by atoms with Crippen molar-refractivity contribution < 1.29 is 4.79 Å². The minimum Gasteiger partial charge on any atom is -0.294 e. The Labute approximate surface area is 161 Å². The van der Waals surface area contributed by atoms with Crippen molar-refractivity contribution in [3.8, 4) is 0 Å². The van der Waals surface area contributed by atoms with Crippen LogP contribution in [-0.2, 0) is 11.3 Å². The quantitative estimate of drug-likeness (QED) is 0.382. The Morgan fingerprint density at radius 1 is 1.26 bits per heavy atom. The van der Waals surface area contributed by atoms with Crippen molar-refractivity contribution in [2.75, 3.05) is 11.1 Å². The zero-order valence-corrected chi connectivity index (χ0v) is 15.6. The van der Waals surface area contributed by atoms with Gasteiger partial charge in [-0.15, -0.1) is 11.3 Å². The smallest absolute Gasteiger partial charge is 0.262 e. The lowest BCUT2D eigenvalue weighted by atomic mass is 10.2. The van der Waals surface area contributed by atoms with Crippen LogP contribution in [0.3, 0.4) is 0 Å². The highest BCUT2D eigenvalue weighted by atomic mass is 32.2. The van der Waals surface area contributed by atoms with Crippen molar-refractivity contribution >= 4 is 45.9 Å². The Bertz CT molecular complexity index is 1120. The molecule has 4 aromatic rings. The van der Waals surface area contributed by atoms with E-state index in [4.69, 9.17) is 0 Å². The number of H-pyrrole nitrogens is 1. The molecule has 2 N–H and O–H groups in total. The molecule has 0 atom stereocenters. The molecule has 0 aliphatic rings. The number of thioether (sulfide) groups is 1. The van der Waals surface area contributed by atoms with E-state index in [2.05, 4.69) is 25.5 Å². The molecule has 0 spiro atoms. The van der Waals surface area contributed by atoms with Gasteiger partial charge in [0.15, 0.2) is 5.16 Å². The zero-order valence-electron chi connectivity index (χ0n) is 14.0. The van der Waals surface area contributed by atoms with E-state index in [-0.39, 0.29) is 23.2 Å². The van der Waals surface area contributed by atoms with Crippen LogP contribution in [0.5, 0.6) is 0 Å². The topological polar surface area (TPSA) is 106 Å². The SMILES string of the molecule is O=C(CSc1nc2ccccc2c(=O)n1Cc1cccs1)Nc1ncn[nH]1. The molecular formula is C17H14N6O2S2. The number of carbonyl (C=O) groups excluding carboxylic acids is 1. The van der Waals surface area contributed by atoms with Gasteiger partial charge in [0.25, 0.3) is 5.56 Å². The third-order valence-electron chi connectivity index (χ3n) is 3.73. The summed E-state index contributed by atoms with van der Waals surface area (Å²) < 4.78 is 1.61. The van der Waals surface area contributed by atoms with Crippen molar-refractivity contribution in [3.63, 3.8) is 0 Å². The lowest BCUT2D eigenvalue weighted by Crippen LogP contribution is -2.24.